The summed E-state index contributed by atoms with van der Waals surface area (Å²) in [6, 6.07) is 13.9. The number of hydrogen-bond donors (Lipinski definition) is 1. The average molecular weight is 350 g/mol. The Balaban J connectivity index is 2.30. The number of ether oxygens (including phenoxy) is 2. The molecular weight excluding hydrogens is 330 g/mol. The second-order valence-electron chi connectivity index (χ2n) is 5.26. The molecule has 0 amide bonds. The van der Waals surface area contributed by atoms with Gasteiger partial charge in [-0.05, 0) is 53.0 Å². The van der Waals surface area contributed by atoms with E-state index in [1.54, 1.807) is 14.2 Å². The number of rotatable bonds is 5. The zero-order valence-electron chi connectivity index (χ0n) is 12.5. The topological polar surface area (TPSA) is 44.5 Å². The van der Waals surface area contributed by atoms with Crippen LogP contribution in [0.4, 0.5) is 0 Å². The fraction of sp³-hybridized carbons (Fsp3) is 0.294. The van der Waals surface area contributed by atoms with Crippen molar-refractivity contribution < 1.29 is 9.47 Å². The van der Waals surface area contributed by atoms with E-state index < -0.39 is 5.54 Å². The first-order valence-electron chi connectivity index (χ1n) is 6.72. The molecule has 21 heavy (non-hydrogen) atoms. The van der Waals surface area contributed by atoms with Crippen LogP contribution in [0, 0.1) is 0 Å². The van der Waals surface area contributed by atoms with Crippen LogP contribution in [-0.2, 0) is 12.0 Å². The van der Waals surface area contributed by atoms with Crippen LogP contribution in [0.25, 0.3) is 0 Å². The molecule has 2 aromatic carbocycles. The fourth-order valence-electron chi connectivity index (χ4n) is 2.46. The molecule has 0 heterocycles. The lowest BCUT2D eigenvalue weighted by Gasteiger charge is -2.27. The van der Waals surface area contributed by atoms with Crippen molar-refractivity contribution in [2.24, 2.45) is 5.73 Å². The molecule has 0 aliphatic carbocycles. The smallest absolute Gasteiger partial charge is 0.133 e. The van der Waals surface area contributed by atoms with E-state index in [4.69, 9.17) is 15.2 Å². The maximum atomic E-state index is 6.54. The van der Waals surface area contributed by atoms with E-state index in [1.165, 1.54) is 0 Å². The highest BCUT2D eigenvalue weighted by Crippen LogP contribution is 2.32. The first-order valence-corrected chi connectivity index (χ1v) is 7.52. The molecule has 0 aliphatic heterocycles. The van der Waals surface area contributed by atoms with Gasteiger partial charge < -0.3 is 15.2 Å². The molecule has 1 atom stereocenters. The highest BCUT2D eigenvalue weighted by atomic mass is 79.9. The van der Waals surface area contributed by atoms with E-state index in [0.29, 0.717) is 6.42 Å². The highest BCUT2D eigenvalue weighted by Gasteiger charge is 2.25. The third-order valence-electron chi connectivity index (χ3n) is 3.51. The van der Waals surface area contributed by atoms with E-state index in [0.717, 1.165) is 27.1 Å². The minimum atomic E-state index is -0.513. The number of halogens is 1. The van der Waals surface area contributed by atoms with Crippen molar-refractivity contribution in [3.05, 3.63) is 58.1 Å². The van der Waals surface area contributed by atoms with Crippen molar-refractivity contribution in [2.75, 3.05) is 14.2 Å². The van der Waals surface area contributed by atoms with Crippen LogP contribution in [0.1, 0.15) is 18.1 Å². The molecule has 0 spiro atoms. The second-order valence-corrected chi connectivity index (χ2v) is 6.12. The van der Waals surface area contributed by atoms with Crippen LogP contribution < -0.4 is 15.2 Å². The molecule has 2 rings (SSSR count). The van der Waals surface area contributed by atoms with Gasteiger partial charge in [0.25, 0.3) is 0 Å². The molecule has 0 bridgehead atoms. The van der Waals surface area contributed by atoms with E-state index in [1.807, 2.05) is 49.4 Å². The van der Waals surface area contributed by atoms with Gasteiger partial charge in [0.15, 0.2) is 0 Å². The molecule has 2 aromatic rings. The summed E-state index contributed by atoms with van der Waals surface area (Å²) >= 11 is 3.51. The van der Waals surface area contributed by atoms with E-state index in [-0.39, 0.29) is 0 Å². The molecule has 2 N–H and O–H groups in total. The normalized spacial score (nSPS) is 13.6. The summed E-state index contributed by atoms with van der Waals surface area (Å²) in [6.07, 6.45) is 0.704. The molecule has 0 aromatic heterocycles. The SMILES string of the molecule is COc1ccc(CC(C)(N)c2ccccc2OC)cc1Br. The average Bonchev–Trinajstić information content (AvgIpc) is 2.47. The van der Waals surface area contributed by atoms with E-state index in [9.17, 15) is 0 Å². The number of nitrogens with two attached hydrogens (primary N) is 1. The first-order chi connectivity index (χ1) is 9.97. The minimum absolute atomic E-state index is 0.513. The van der Waals surface area contributed by atoms with Gasteiger partial charge in [0.2, 0.25) is 0 Å². The summed E-state index contributed by atoms with van der Waals surface area (Å²) < 4.78 is 11.6. The fourth-order valence-corrected chi connectivity index (χ4v) is 3.04. The number of methoxy groups -OCH3 is 2. The first kappa shape index (κ1) is 15.9. The van der Waals surface area contributed by atoms with Crippen LogP contribution >= 0.6 is 15.9 Å². The van der Waals surface area contributed by atoms with Gasteiger partial charge in [0.1, 0.15) is 11.5 Å². The van der Waals surface area contributed by atoms with E-state index >= 15 is 0 Å². The van der Waals surface area contributed by atoms with Crippen LogP contribution in [0.15, 0.2) is 46.9 Å². The lowest BCUT2D eigenvalue weighted by molar-refractivity contribution is 0.386. The number of benzene rings is 2. The van der Waals surface area contributed by atoms with Crippen molar-refractivity contribution in [3.8, 4) is 11.5 Å². The van der Waals surface area contributed by atoms with Crippen molar-refractivity contribution in [1.29, 1.82) is 0 Å². The zero-order chi connectivity index (χ0) is 15.5. The van der Waals surface area contributed by atoms with Crippen molar-refractivity contribution >= 4 is 15.9 Å². The molecule has 0 fully saturated rings. The minimum Gasteiger partial charge on any atom is -0.496 e. The molecular formula is C17H20BrNO2. The van der Waals surface area contributed by atoms with Gasteiger partial charge in [-0.1, -0.05) is 24.3 Å². The van der Waals surface area contributed by atoms with Crippen LogP contribution in [0.3, 0.4) is 0 Å². The maximum Gasteiger partial charge on any atom is 0.133 e. The molecule has 0 aliphatic rings. The van der Waals surface area contributed by atoms with Gasteiger partial charge >= 0.3 is 0 Å². The summed E-state index contributed by atoms with van der Waals surface area (Å²) in [4.78, 5) is 0. The molecule has 1 unspecified atom stereocenters. The van der Waals surface area contributed by atoms with Gasteiger partial charge in [-0.25, -0.2) is 0 Å². The second kappa shape index (κ2) is 6.50. The van der Waals surface area contributed by atoms with Gasteiger partial charge in [0.05, 0.1) is 18.7 Å². The summed E-state index contributed by atoms with van der Waals surface area (Å²) in [7, 11) is 3.32. The molecule has 112 valence electrons. The van der Waals surface area contributed by atoms with Crippen molar-refractivity contribution in [2.45, 2.75) is 18.9 Å². The Morgan fingerprint density at radius 1 is 1.05 bits per heavy atom. The quantitative estimate of drug-likeness (QED) is 0.890. The summed E-state index contributed by atoms with van der Waals surface area (Å²) in [5, 5.41) is 0. The Hall–Kier alpha value is -1.52. The van der Waals surface area contributed by atoms with Crippen LogP contribution in [-0.4, -0.2) is 14.2 Å². The third-order valence-corrected chi connectivity index (χ3v) is 4.13. The van der Waals surface area contributed by atoms with Crippen LogP contribution in [0.2, 0.25) is 0 Å². The molecule has 4 heteroatoms. The number of para-hydroxylation sites is 1. The van der Waals surface area contributed by atoms with Crippen LogP contribution in [0.5, 0.6) is 11.5 Å². The van der Waals surface area contributed by atoms with Gasteiger partial charge in [-0.2, -0.15) is 0 Å². The molecule has 3 nitrogen and oxygen atoms in total. The van der Waals surface area contributed by atoms with Crippen molar-refractivity contribution in [1.82, 2.24) is 0 Å². The maximum absolute atomic E-state index is 6.54. The summed E-state index contributed by atoms with van der Waals surface area (Å²) in [6.45, 7) is 2.02. The summed E-state index contributed by atoms with van der Waals surface area (Å²) in [5.41, 5.74) is 8.16. The Morgan fingerprint density at radius 2 is 1.71 bits per heavy atom. The van der Waals surface area contributed by atoms with E-state index in [2.05, 4.69) is 15.9 Å². The third kappa shape index (κ3) is 3.57. The van der Waals surface area contributed by atoms with Gasteiger partial charge in [-0.3, -0.25) is 0 Å². The molecule has 0 saturated carbocycles. The van der Waals surface area contributed by atoms with Gasteiger partial charge in [-0.15, -0.1) is 0 Å². The molecule has 0 saturated heterocycles. The van der Waals surface area contributed by atoms with Crippen molar-refractivity contribution in [3.63, 3.8) is 0 Å². The van der Waals surface area contributed by atoms with Gasteiger partial charge in [0, 0.05) is 11.1 Å². The Morgan fingerprint density at radius 3 is 2.33 bits per heavy atom. The number of hydrogen-bond acceptors (Lipinski definition) is 3. The standard InChI is InChI=1S/C17H20BrNO2/c1-17(19,13-6-4-5-7-15(13)20-2)11-12-8-9-16(21-3)14(18)10-12/h4-10H,11,19H2,1-3H3. The summed E-state index contributed by atoms with van der Waals surface area (Å²) in [5.74, 6) is 1.63. The predicted molar refractivity (Wildman–Crippen MR) is 88.9 cm³/mol. The molecule has 0 radical (unpaired) electrons. The monoisotopic (exact) mass is 349 g/mol. The Labute approximate surface area is 134 Å². The lowest BCUT2D eigenvalue weighted by atomic mass is 9.86. The highest BCUT2D eigenvalue weighted by molar-refractivity contribution is 9.10. The Kier molecular flexibility index (Phi) is 4.91. The largest absolute Gasteiger partial charge is 0.496 e. The Bertz CT molecular complexity index is 626. The predicted octanol–water partition coefficient (Wildman–Crippen LogP) is 3.88. The lowest BCUT2D eigenvalue weighted by Crippen LogP contribution is -2.35. The zero-order valence-corrected chi connectivity index (χ0v) is 14.1.